The molecule has 1 heterocycles. The number of aryl methyl sites for hydroxylation is 1. The fourth-order valence-corrected chi connectivity index (χ4v) is 3.70. The number of benzene rings is 3. The number of pyridine rings is 1. The van der Waals surface area contributed by atoms with E-state index in [2.05, 4.69) is 5.32 Å². The summed E-state index contributed by atoms with van der Waals surface area (Å²) in [6.07, 6.45) is 1.55. The average Bonchev–Trinajstić information content (AvgIpc) is 2.81. The third-order valence-electron chi connectivity index (χ3n) is 5.23. The number of anilines is 1. The van der Waals surface area contributed by atoms with Gasteiger partial charge < -0.3 is 14.8 Å². The van der Waals surface area contributed by atoms with E-state index in [1.54, 1.807) is 74.0 Å². The van der Waals surface area contributed by atoms with Crippen molar-refractivity contribution in [3.63, 3.8) is 0 Å². The number of hydrogen-bond donors (Lipinski definition) is 1. The summed E-state index contributed by atoms with van der Waals surface area (Å²) in [4.78, 5) is 26.6. The van der Waals surface area contributed by atoms with Gasteiger partial charge in [0.25, 0.3) is 11.5 Å². The number of ether oxygens (including phenoxy) is 2. The molecule has 3 aromatic carbocycles. The maximum absolute atomic E-state index is 13.4. The van der Waals surface area contributed by atoms with Gasteiger partial charge in [-0.25, -0.2) is 0 Å². The van der Waals surface area contributed by atoms with Gasteiger partial charge in [0.05, 0.1) is 31.2 Å². The summed E-state index contributed by atoms with van der Waals surface area (Å²) >= 11 is 6.19. The normalized spacial score (nSPS) is 10.8. The van der Waals surface area contributed by atoms with Gasteiger partial charge in [-0.05, 0) is 36.8 Å². The number of hydrogen-bond acceptors (Lipinski definition) is 4. The minimum atomic E-state index is -0.377. The summed E-state index contributed by atoms with van der Waals surface area (Å²) in [5.74, 6) is 0.673. The third-order valence-corrected chi connectivity index (χ3v) is 5.64. The Bertz CT molecular complexity index is 1390. The molecule has 0 aliphatic heterocycles. The van der Waals surface area contributed by atoms with E-state index in [0.29, 0.717) is 44.2 Å². The van der Waals surface area contributed by atoms with Crippen molar-refractivity contribution in [1.29, 1.82) is 0 Å². The highest BCUT2D eigenvalue weighted by Gasteiger charge is 2.18. The molecule has 0 bridgehead atoms. The van der Waals surface area contributed by atoms with Crippen LogP contribution in [0.3, 0.4) is 0 Å². The molecular formula is C25H21ClN2O4. The number of carbonyl (C=O) groups is 1. The summed E-state index contributed by atoms with van der Waals surface area (Å²) in [6.45, 7) is 1.84. The van der Waals surface area contributed by atoms with Gasteiger partial charge in [-0.2, -0.15) is 0 Å². The Balaban J connectivity index is 1.87. The Morgan fingerprint density at radius 3 is 2.44 bits per heavy atom. The molecule has 0 saturated heterocycles. The molecule has 4 aromatic rings. The number of nitrogens with zero attached hydrogens (tertiary/aromatic N) is 1. The van der Waals surface area contributed by atoms with E-state index < -0.39 is 0 Å². The molecule has 1 N–H and O–H groups in total. The lowest BCUT2D eigenvalue weighted by atomic mass is 10.1. The third kappa shape index (κ3) is 3.92. The molecule has 0 spiro atoms. The second kappa shape index (κ2) is 8.77. The number of halogens is 1. The molecule has 7 heteroatoms. The Labute approximate surface area is 190 Å². The van der Waals surface area contributed by atoms with Crippen LogP contribution in [-0.2, 0) is 0 Å². The van der Waals surface area contributed by atoms with E-state index >= 15 is 0 Å². The number of methoxy groups -OCH3 is 2. The number of amides is 1. The quantitative estimate of drug-likeness (QED) is 0.454. The highest BCUT2D eigenvalue weighted by molar-refractivity contribution is 6.31. The fourth-order valence-electron chi connectivity index (χ4n) is 3.54. The zero-order chi connectivity index (χ0) is 22.8. The minimum absolute atomic E-state index is 0.231. The maximum Gasteiger partial charge on any atom is 0.262 e. The smallest absolute Gasteiger partial charge is 0.262 e. The molecule has 1 amide bonds. The van der Waals surface area contributed by atoms with Crippen LogP contribution in [0, 0.1) is 6.92 Å². The van der Waals surface area contributed by atoms with Gasteiger partial charge in [0.1, 0.15) is 11.5 Å². The fraction of sp³-hybridized carbons (Fsp3) is 0.120. The molecule has 0 atom stereocenters. The zero-order valence-corrected chi connectivity index (χ0v) is 18.6. The average molecular weight is 449 g/mol. The first kappa shape index (κ1) is 21.5. The topological polar surface area (TPSA) is 69.6 Å². The van der Waals surface area contributed by atoms with Gasteiger partial charge in [0, 0.05) is 34.1 Å². The highest BCUT2D eigenvalue weighted by atomic mass is 35.5. The molecule has 32 heavy (non-hydrogen) atoms. The monoisotopic (exact) mass is 448 g/mol. The summed E-state index contributed by atoms with van der Waals surface area (Å²) in [5.41, 5.74) is 1.99. The number of rotatable bonds is 5. The highest BCUT2D eigenvalue weighted by Crippen LogP contribution is 2.31. The van der Waals surface area contributed by atoms with Crippen molar-refractivity contribution >= 4 is 34.0 Å². The van der Waals surface area contributed by atoms with Gasteiger partial charge in [-0.3, -0.25) is 14.2 Å². The number of nitrogens with one attached hydrogen (secondary N) is 1. The first-order valence-corrected chi connectivity index (χ1v) is 10.2. The van der Waals surface area contributed by atoms with Crippen LogP contribution in [0.15, 0.2) is 71.7 Å². The first-order chi connectivity index (χ1) is 15.4. The summed E-state index contributed by atoms with van der Waals surface area (Å²) in [7, 11) is 3.07. The van der Waals surface area contributed by atoms with Crippen molar-refractivity contribution in [2.45, 2.75) is 6.92 Å². The summed E-state index contributed by atoms with van der Waals surface area (Å²) < 4.78 is 12.1. The summed E-state index contributed by atoms with van der Waals surface area (Å²) in [6, 6.07) is 17.5. The lowest BCUT2D eigenvalue weighted by Crippen LogP contribution is -2.22. The van der Waals surface area contributed by atoms with Crippen molar-refractivity contribution in [2.75, 3.05) is 19.5 Å². The van der Waals surface area contributed by atoms with Crippen LogP contribution < -0.4 is 20.3 Å². The molecule has 0 radical (unpaired) electrons. The lowest BCUT2D eigenvalue weighted by molar-refractivity contribution is 0.102. The van der Waals surface area contributed by atoms with Crippen LogP contribution in [-0.4, -0.2) is 24.7 Å². The molecule has 0 saturated carbocycles. The van der Waals surface area contributed by atoms with Crippen molar-refractivity contribution in [1.82, 2.24) is 4.57 Å². The molecule has 0 aliphatic carbocycles. The van der Waals surface area contributed by atoms with Gasteiger partial charge in [-0.1, -0.05) is 35.9 Å². The van der Waals surface area contributed by atoms with Gasteiger partial charge in [-0.15, -0.1) is 0 Å². The molecule has 0 unspecified atom stereocenters. The Hall–Kier alpha value is -3.77. The summed E-state index contributed by atoms with van der Waals surface area (Å²) in [5, 5.41) is 4.42. The van der Waals surface area contributed by atoms with E-state index in [9.17, 15) is 9.59 Å². The molecule has 4 rings (SSSR count). The number of fused-ring (bicyclic) bond motifs is 1. The first-order valence-electron chi connectivity index (χ1n) is 9.87. The van der Waals surface area contributed by atoms with E-state index in [4.69, 9.17) is 21.1 Å². The Morgan fingerprint density at radius 1 is 0.969 bits per heavy atom. The van der Waals surface area contributed by atoms with E-state index in [1.165, 1.54) is 11.7 Å². The molecule has 1 aromatic heterocycles. The second-order valence-corrected chi connectivity index (χ2v) is 7.63. The number of carbonyl (C=O) groups excluding carboxylic acids is 1. The van der Waals surface area contributed by atoms with Crippen molar-refractivity contribution in [2.24, 2.45) is 0 Å². The van der Waals surface area contributed by atoms with E-state index in [-0.39, 0.29) is 11.5 Å². The van der Waals surface area contributed by atoms with E-state index in [0.717, 1.165) is 5.56 Å². The van der Waals surface area contributed by atoms with Crippen LogP contribution in [0.25, 0.3) is 16.5 Å². The molecule has 162 valence electrons. The van der Waals surface area contributed by atoms with Gasteiger partial charge >= 0.3 is 0 Å². The van der Waals surface area contributed by atoms with E-state index in [1.807, 2.05) is 6.92 Å². The number of aromatic nitrogens is 1. The van der Waals surface area contributed by atoms with Crippen molar-refractivity contribution in [3.8, 4) is 17.2 Å². The largest absolute Gasteiger partial charge is 0.497 e. The Kier molecular flexibility index (Phi) is 5.88. The van der Waals surface area contributed by atoms with Crippen molar-refractivity contribution in [3.05, 3.63) is 93.4 Å². The van der Waals surface area contributed by atoms with Crippen molar-refractivity contribution < 1.29 is 14.3 Å². The predicted octanol–water partition coefficient (Wildman–Crippen LogP) is 5.22. The molecule has 0 fully saturated rings. The SMILES string of the molecule is COc1cccc(-n2cc(C(=O)Nc3cc(C)c(Cl)cc3OC)c3ccccc3c2=O)c1. The Morgan fingerprint density at radius 2 is 1.72 bits per heavy atom. The van der Waals surface area contributed by atoms with Crippen LogP contribution in [0.2, 0.25) is 5.02 Å². The zero-order valence-electron chi connectivity index (χ0n) is 17.8. The molecule has 0 aliphatic rings. The van der Waals surface area contributed by atoms with Gasteiger partial charge in [0.2, 0.25) is 0 Å². The van der Waals surface area contributed by atoms with Crippen LogP contribution in [0.5, 0.6) is 11.5 Å². The predicted molar refractivity (Wildman–Crippen MR) is 127 cm³/mol. The van der Waals surface area contributed by atoms with Crippen LogP contribution in [0.4, 0.5) is 5.69 Å². The standard InChI is InChI=1S/C25H21ClN2O4/c1-15-11-22(23(32-3)13-21(15)26)27-24(29)20-14-28(16-7-6-8-17(12-16)31-2)25(30)19-10-5-4-9-18(19)20/h4-14H,1-3H3,(H,27,29). The van der Waals surface area contributed by atoms with Gasteiger partial charge in [0.15, 0.2) is 0 Å². The molecule has 6 nitrogen and oxygen atoms in total. The second-order valence-electron chi connectivity index (χ2n) is 7.22. The lowest BCUT2D eigenvalue weighted by Gasteiger charge is -2.15. The minimum Gasteiger partial charge on any atom is -0.497 e. The molecular weight excluding hydrogens is 428 g/mol. The van der Waals surface area contributed by atoms with Crippen LogP contribution >= 0.6 is 11.6 Å². The van der Waals surface area contributed by atoms with Crippen LogP contribution in [0.1, 0.15) is 15.9 Å². The maximum atomic E-state index is 13.4.